The van der Waals surface area contributed by atoms with Crippen LogP contribution in [0, 0.1) is 0 Å². The summed E-state index contributed by atoms with van der Waals surface area (Å²) in [5.74, 6) is 0.0866. The molecule has 1 aliphatic heterocycles. The maximum atomic E-state index is 13.3. The van der Waals surface area contributed by atoms with Crippen LogP contribution in [-0.4, -0.2) is 33.4 Å². The molecule has 34 heavy (non-hydrogen) atoms. The van der Waals surface area contributed by atoms with Gasteiger partial charge in [-0.1, -0.05) is 35.9 Å². The summed E-state index contributed by atoms with van der Waals surface area (Å²) in [6, 6.07) is 21.1. The highest BCUT2D eigenvalue weighted by molar-refractivity contribution is 7.22. The van der Waals surface area contributed by atoms with Crippen LogP contribution in [0.15, 0.2) is 77.9 Å². The highest BCUT2D eigenvalue weighted by atomic mass is 35.5. The van der Waals surface area contributed by atoms with Crippen LogP contribution in [0.2, 0.25) is 5.02 Å². The van der Waals surface area contributed by atoms with Gasteiger partial charge >= 0.3 is 0 Å². The lowest BCUT2D eigenvalue weighted by Crippen LogP contribution is -2.27. The van der Waals surface area contributed by atoms with Crippen LogP contribution < -0.4 is 5.56 Å². The Morgan fingerprint density at radius 1 is 0.912 bits per heavy atom. The normalized spacial score (nSPS) is 13.7. The van der Waals surface area contributed by atoms with E-state index in [1.807, 2.05) is 71.6 Å². The maximum Gasteiger partial charge on any atom is 0.275 e. The molecule has 0 unspecified atom stereocenters. The van der Waals surface area contributed by atoms with E-state index in [1.54, 1.807) is 10.9 Å². The van der Waals surface area contributed by atoms with Crippen LogP contribution in [-0.2, 0) is 0 Å². The molecule has 0 atom stereocenters. The van der Waals surface area contributed by atoms with Crippen molar-refractivity contribution in [3.8, 4) is 16.1 Å². The van der Waals surface area contributed by atoms with Crippen LogP contribution in [0.3, 0.4) is 0 Å². The van der Waals surface area contributed by atoms with E-state index in [9.17, 15) is 9.59 Å². The molecule has 5 nitrogen and oxygen atoms in total. The van der Waals surface area contributed by atoms with E-state index in [-0.39, 0.29) is 11.5 Å². The highest BCUT2D eigenvalue weighted by Crippen LogP contribution is 2.32. The first-order valence-corrected chi connectivity index (χ1v) is 12.4. The Morgan fingerprint density at radius 2 is 1.65 bits per heavy atom. The lowest BCUT2D eigenvalue weighted by Gasteiger charge is -2.15. The standard InChI is InChI=1S/C27H20ClN3O2S/c28-21-8-5-17(6-9-21)24-15-23-25(34-24)27(33)31(16-29-23)22-10-7-18-13-20(4-3-19(18)14-22)26(32)30-11-1-2-12-30/h3-10,13-16H,1-2,11-12H2. The number of carbonyl (C=O) groups excluding carboxylic acids is 1. The number of likely N-dealkylation sites (tertiary alicyclic amines) is 1. The average Bonchev–Trinajstić information content (AvgIpc) is 3.55. The summed E-state index contributed by atoms with van der Waals surface area (Å²) < 4.78 is 2.19. The molecule has 1 amide bonds. The summed E-state index contributed by atoms with van der Waals surface area (Å²) in [6.45, 7) is 1.66. The number of hydrogen-bond acceptors (Lipinski definition) is 4. The molecule has 168 valence electrons. The fourth-order valence-corrected chi connectivity index (χ4v) is 5.64. The van der Waals surface area contributed by atoms with Gasteiger partial charge in [-0.3, -0.25) is 14.2 Å². The SMILES string of the molecule is O=C(c1ccc2cc(-n3cnc4cc(-c5ccc(Cl)cc5)sc4c3=O)ccc2c1)N1CCCC1. The van der Waals surface area contributed by atoms with Gasteiger partial charge in [0.2, 0.25) is 0 Å². The van der Waals surface area contributed by atoms with Crippen molar-refractivity contribution < 1.29 is 4.79 Å². The number of nitrogens with zero attached hydrogens (tertiary/aromatic N) is 3. The molecule has 1 fully saturated rings. The van der Waals surface area contributed by atoms with Gasteiger partial charge in [-0.05, 0) is 71.6 Å². The number of halogens is 1. The van der Waals surface area contributed by atoms with Gasteiger partial charge in [0.1, 0.15) is 11.0 Å². The largest absolute Gasteiger partial charge is 0.339 e. The monoisotopic (exact) mass is 485 g/mol. The third kappa shape index (κ3) is 3.69. The molecular weight excluding hydrogens is 466 g/mol. The molecule has 5 aromatic rings. The van der Waals surface area contributed by atoms with Gasteiger partial charge in [-0.15, -0.1) is 11.3 Å². The Bertz CT molecular complexity index is 1620. The van der Waals surface area contributed by atoms with Crippen molar-refractivity contribution in [2.75, 3.05) is 13.1 Å². The first-order chi connectivity index (χ1) is 16.6. The first-order valence-electron chi connectivity index (χ1n) is 11.2. The lowest BCUT2D eigenvalue weighted by molar-refractivity contribution is 0.0793. The summed E-state index contributed by atoms with van der Waals surface area (Å²) in [5.41, 5.74) is 3.03. The minimum absolute atomic E-state index is 0.0866. The number of hydrogen-bond donors (Lipinski definition) is 0. The molecule has 0 bridgehead atoms. The van der Waals surface area contributed by atoms with Crippen molar-refractivity contribution in [2.24, 2.45) is 0 Å². The van der Waals surface area contributed by atoms with Crippen molar-refractivity contribution in [1.29, 1.82) is 0 Å². The molecule has 0 N–H and O–H groups in total. The van der Waals surface area contributed by atoms with Gasteiger partial charge in [0.25, 0.3) is 11.5 Å². The van der Waals surface area contributed by atoms with Crippen molar-refractivity contribution in [2.45, 2.75) is 12.8 Å². The number of rotatable bonds is 3. The second-order valence-electron chi connectivity index (χ2n) is 8.50. The Morgan fingerprint density at radius 3 is 2.44 bits per heavy atom. The van der Waals surface area contributed by atoms with Crippen molar-refractivity contribution >= 4 is 49.8 Å². The predicted molar refractivity (Wildman–Crippen MR) is 138 cm³/mol. The molecule has 0 saturated carbocycles. The second-order valence-corrected chi connectivity index (χ2v) is 9.99. The minimum Gasteiger partial charge on any atom is -0.339 e. The molecule has 0 spiro atoms. The number of amides is 1. The van der Waals surface area contributed by atoms with Gasteiger partial charge < -0.3 is 4.90 Å². The molecule has 7 heteroatoms. The smallest absolute Gasteiger partial charge is 0.275 e. The van der Waals surface area contributed by atoms with E-state index >= 15 is 0 Å². The maximum absolute atomic E-state index is 13.3. The van der Waals surface area contributed by atoms with E-state index in [1.165, 1.54) is 11.3 Å². The molecule has 2 aromatic heterocycles. The van der Waals surface area contributed by atoms with Crippen LogP contribution in [0.1, 0.15) is 23.2 Å². The van der Waals surface area contributed by atoms with E-state index in [0.717, 1.165) is 52.8 Å². The number of aromatic nitrogens is 2. The van der Waals surface area contributed by atoms with Gasteiger partial charge in [-0.2, -0.15) is 0 Å². The molecule has 0 aliphatic carbocycles. The molecule has 3 heterocycles. The quantitative estimate of drug-likeness (QED) is 0.307. The third-order valence-electron chi connectivity index (χ3n) is 6.31. The minimum atomic E-state index is -0.101. The summed E-state index contributed by atoms with van der Waals surface area (Å²) in [7, 11) is 0. The predicted octanol–water partition coefficient (Wildman–Crippen LogP) is 6.16. The molecular formula is C27H20ClN3O2S. The topological polar surface area (TPSA) is 55.2 Å². The van der Waals surface area contributed by atoms with Crippen LogP contribution in [0.5, 0.6) is 0 Å². The van der Waals surface area contributed by atoms with Gasteiger partial charge in [0.05, 0.1) is 11.2 Å². The summed E-state index contributed by atoms with van der Waals surface area (Å²) in [6.07, 6.45) is 3.72. The molecule has 1 aliphatic rings. The Balaban J connectivity index is 1.36. The summed E-state index contributed by atoms with van der Waals surface area (Å²) in [5, 5.41) is 2.61. The molecule has 0 radical (unpaired) electrons. The van der Waals surface area contributed by atoms with Crippen LogP contribution in [0.25, 0.3) is 37.1 Å². The Labute approximate surface area is 204 Å². The van der Waals surface area contributed by atoms with Crippen LogP contribution >= 0.6 is 22.9 Å². The molecule has 3 aromatic carbocycles. The Hall–Kier alpha value is -3.48. The fraction of sp³-hybridized carbons (Fsp3) is 0.148. The summed E-state index contributed by atoms with van der Waals surface area (Å²) >= 11 is 7.44. The van der Waals surface area contributed by atoms with Crippen molar-refractivity contribution in [3.05, 3.63) is 94.0 Å². The van der Waals surface area contributed by atoms with Gasteiger partial charge in [-0.25, -0.2) is 4.98 Å². The number of benzene rings is 3. The van der Waals surface area contributed by atoms with E-state index < -0.39 is 0 Å². The third-order valence-corrected chi connectivity index (χ3v) is 7.72. The van der Waals surface area contributed by atoms with Crippen molar-refractivity contribution in [1.82, 2.24) is 14.5 Å². The van der Waals surface area contributed by atoms with E-state index in [0.29, 0.717) is 20.8 Å². The van der Waals surface area contributed by atoms with E-state index in [2.05, 4.69) is 4.98 Å². The highest BCUT2D eigenvalue weighted by Gasteiger charge is 2.19. The zero-order valence-electron chi connectivity index (χ0n) is 18.2. The number of thiophene rings is 1. The van der Waals surface area contributed by atoms with Crippen molar-refractivity contribution in [3.63, 3.8) is 0 Å². The average molecular weight is 486 g/mol. The van der Waals surface area contributed by atoms with E-state index in [4.69, 9.17) is 11.6 Å². The molecule has 1 saturated heterocycles. The fourth-order valence-electron chi connectivity index (χ4n) is 4.47. The van der Waals surface area contributed by atoms with Gasteiger partial charge in [0, 0.05) is 28.6 Å². The Kier molecular flexibility index (Phi) is 5.20. The second kappa shape index (κ2) is 8.38. The zero-order chi connectivity index (χ0) is 23.2. The summed E-state index contributed by atoms with van der Waals surface area (Å²) in [4.78, 5) is 33.5. The number of carbonyl (C=O) groups is 1. The van der Waals surface area contributed by atoms with Crippen LogP contribution in [0.4, 0.5) is 0 Å². The van der Waals surface area contributed by atoms with Gasteiger partial charge in [0.15, 0.2) is 0 Å². The zero-order valence-corrected chi connectivity index (χ0v) is 19.8. The first kappa shape index (κ1) is 21.1. The lowest BCUT2D eigenvalue weighted by atomic mass is 10.1. The number of fused-ring (bicyclic) bond motifs is 2. The molecule has 6 rings (SSSR count).